The van der Waals surface area contributed by atoms with Crippen LogP contribution in [0.4, 0.5) is 4.39 Å². The van der Waals surface area contributed by atoms with E-state index in [4.69, 9.17) is 40.0 Å². The Morgan fingerprint density at radius 3 is 2.41 bits per heavy atom. The first-order chi connectivity index (χ1) is 34.0. The van der Waals surface area contributed by atoms with Crippen molar-refractivity contribution in [3.63, 3.8) is 0 Å². The molecule has 4 bridgehead atoms. The Balaban J connectivity index is 1.06. The third-order valence-electron chi connectivity index (χ3n) is 13.6. The van der Waals surface area contributed by atoms with Crippen LogP contribution in [0, 0.1) is 12.7 Å². The zero-order valence-corrected chi connectivity index (χ0v) is 43.6. The number of aliphatic carboxylic acids is 1. The van der Waals surface area contributed by atoms with E-state index in [-0.39, 0.29) is 36.4 Å². The maximum absolute atomic E-state index is 14.3. The van der Waals surface area contributed by atoms with Crippen LogP contribution in [0.15, 0.2) is 97.5 Å². The number of fused-ring (bicyclic) bond motifs is 7. The zero-order chi connectivity index (χ0) is 50.0. The molecule has 0 radical (unpaired) electrons. The molecule has 1 saturated heterocycles. The Kier molecular flexibility index (Phi) is 14.8. The Morgan fingerprint density at radius 1 is 0.930 bits per heavy atom. The molecule has 4 aromatic carbocycles. The molecular weight excluding hydrogens is 959 g/mol. The topological polar surface area (TPSA) is 141 Å². The minimum atomic E-state index is -1.91. The van der Waals surface area contributed by atoms with Crippen molar-refractivity contribution in [1.82, 2.24) is 29.7 Å². The van der Waals surface area contributed by atoms with Crippen LogP contribution in [-0.4, -0.2) is 108 Å². The molecule has 71 heavy (non-hydrogen) atoms. The normalized spacial score (nSPS) is 17.0. The van der Waals surface area contributed by atoms with Gasteiger partial charge in [-0.05, 0) is 96.8 Å². The molecule has 2 atom stereocenters. The summed E-state index contributed by atoms with van der Waals surface area (Å²) in [4.78, 5) is 37.9. The molecule has 1 fully saturated rings. The molecule has 6 heterocycles. The Morgan fingerprint density at radius 2 is 1.68 bits per heavy atom. The highest BCUT2D eigenvalue weighted by Crippen LogP contribution is 2.50. The van der Waals surface area contributed by atoms with E-state index >= 15 is 0 Å². The quantitative estimate of drug-likeness (QED) is 0.123. The molecule has 0 unspecified atom stereocenters. The predicted octanol–water partition coefficient (Wildman–Crippen LogP) is 11.1. The van der Waals surface area contributed by atoms with Crippen molar-refractivity contribution in [3.05, 3.63) is 131 Å². The van der Waals surface area contributed by atoms with Crippen molar-refractivity contribution in [2.45, 2.75) is 77.7 Å². The molecule has 1 N–H and O–H groups in total. The molecule has 3 aliphatic rings. The summed E-state index contributed by atoms with van der Waals surface area (Å²) < 4.78 is 47.0. The van der Waals surface area contributed by atoms with Gasteiger partial charge in [0.2, 0.25) is 12.0 Å². The lowest BCUT2D eigenvalue weighted by Crippen LogP contribution is -2.49. The maximum Gasteiger partial charge on any atom is 0.345 e. The highest BCUT2D eigenvalue weighted by molar-refractivity contribution is 7.22. The first-order valence-electron chi connectivity index (χ1n) is 23.7. The van der Waals surface area contributed by atoms with Gasteiger partial charge in [-0.25, -0.2) is 29.1 Å². The van der Waals surface area contributed by atoms with Gasteiger partial charge in [0.15, 0.2) is 14.1 Å². The molecule has 370 valence electrons. The fourth-order valence-electron chi connectivity index (χ4n) is 8.35. The highest BCUT2D eigenvalue weighted by atomic mass is 35.5. The summed E-state index contributed by atoms with van der Waals surface area (Å²) in [5, 5.41) is 11.9. The van der Waals surface area contributed by atoms with E-state index in [1.165, 1.54) is 29.8 Å². The largest absolute Gasteiger partial charge is 0.490 e. The van der Waals surface area contributed by atoms with Crippen molar-refractivity contribution in [1.29, 1.82) is 0 Å². The van der Waals surface area contributed by atoms with Gasteiger partial charge >= 0.3 is 5.97 Å². The summed E-state index contributed by atoms with van der Waals surface area (Å²) in [5.41, 5.74) is 5.92. The summed E-state index contributed by atoms with van der Waals surface area (Å²) in [5.74, 6) is 0.408. The van der Waals surface area contributed by atoms with Gasteiger partial charge in [-0.1, -0.05) is 74.8 Å². The summed E-state index contributed by atoms with van der Waals surface area (Å²) in [6.45, 7) is 18.0. The number of nitrogens with zero attached hydrogens (tertiary/aromatic N) is 6. The second kappa shape index (κ2) is 21.0. The third-order valence-corrected chi connectivity index (χ3v) is 19.7. The van der Waals surface area contributed by atoms with E-state index in [0.717, 1.165) is 53.3 Å². The second-order valence-electron chi connectivity index (χ2n) is 19.7. The Hall–Kier alpha value is -6.01. The molecule has 0 aliphatic carbocycles. The predicted molar refractivity (Wildman–Crippen MR) is 278 cm³/mol. The fraction of sp³-hybridized carbons (Fsp3) is 0.352. The monoisotopic (exact) mass is 1020 g/mol. The minimum Gasteiger partial charge on any atom is -0.490 e. The number of carbonyl (C=O) groups is 1. The maximum atomic E-state index is 14.3. The first kappa shape index (κ1) is 49.9. The van der Waals surface area contributed by atoms with Crippen LogP contribution in [0.1, 0.15) is 43.2 Å². The van der Waals surface area contributed by atoms with Gasteiger partial charge in [-0.2, -0.15) is 0 Å². The van der Waals surface area contributed by atoms with Gasteiger partial charge < -0.3 is 33.4 Å². The van der Waals surface area contributed by atoms with Gasteiger partial charge in [-0.15, -0.1) is 11.3 Å². The lowest BCUT2D eigenvalue weighted by Gasteiger charge is -2.36. The minimum absolute atomic E-state index is 0.0639. The average molecular weight is 1020 g/mol. The van der Waals surface area contributed by atoms with Gasteiger partial charge in [0.1, 0.15) is 53.5 Å². The van der Waals surface area contributed by atoms with E-state index in [1.807, 2.05) is 43.3 Å². The van der Waals surface area contributed by atoms with Crippen LogP contribution < -0.4 is 18.9 Å². The van der Waals surface area contributed by atoms with Gasteiger partial charge in [0.05, 0.1) is 22.7 Å². The van der Waals surface area contributed by atoms with E-state index in [2.05, 4.69) is 65.7 Å². The number of ether oxygens (including phenoxy) is 4. The number of carboxylic acids is 1. The molecule has 17 heteroatoms. The van der Waals surface area contributed by atoms with Crippen molar-refractivity contribution in [3.8, 4) is 56.1 Å². The van der Waals surface area contributed by atoms with Gasteiger partial charge in [-0.3, -0.25) is 4.90 Å². The summed E-state index contributed by atoms with van der Waals surface area (Å²) in [6, 6.07) is 25.2. The number of likely N-dealkylation sites (N-methyl/N-ethyl adjacent to an activating group) is 1. The van der Waals surface area contributed by atoms with Crippen LogP contribution in [0.2, 0.25) is 23.2 Å². The molecule has 3 aliphatic heterocycles. The lowest BCUT2D eigenvalue weighted by molar-refractivity contribution is -0.145. The molecule has 0 saturated carbocycles. The molecule has 7 aromatic rings. The molecule has 3 aromatic heterocycles. The molecule has 0 spiro atoms. The summed E-state index contributed by atoms with van der Waals surface area (Å²) >= 11 is 8.62. The number of piperazine rings is 1. The van der Waals surface area contributed by atoms with Crippen LogP contribution in [-0.2, 0) is 28.9 Å². The number of benzene rings is 4. The second-order valence-corrected chi connectivity index (χ2v) is 25.9. The number of hydrogen-bond acceptors (Lipinski definition) is 13. The third kappa shape index (κ3) is 11.4. The van der Waals surface area contributed by atoms with E-state index < -0.39 is 26.5 Å². The number of aromatic nitrogens is 4. The highest BCUT2D eigenvalue weighted by Gasteiger charge is 2.37. The van der Waals surface area contributed by atoms with Crippen LogP contribution in [0.5, 0.6) is 23.1 Å². The van der Waals surface area contributed by atoms with Crippen molar-refractivity contribution < 1.29 is 37.7 Å². The SMILES string of the molecule is Cc1c2ccc(c1Cl)O[C@H](CN1CCN(C)CC1)COc1ccc(OCc3ccnc(-c4ccc(CO[Si](C)(C)C(C)(C)C)cc4)n3)c(c1)C[C@H](C(=O)O)Oc1ncnc3sc(-c4ccc(F)cc4)c-2c13. The average Bonchev–Trinajstić information content (AvgIpc) is 3.74. The van der Waals surface area contributed by atoms with Crippen LogP contribution >= 0.6 is 22.9 Å². The number of rotatable bonds is 11. The van der Waals surface area contributed by atoms with Gasteiger partial charge in [0, 0.05) is 66.9 Å². The van der Waals surface area contributed by atoms with E-state index in [1.54, 1.807) is 42.6 Å². The Labute approximate surface area is 423 Å². The van der Waals surface area contributed by atoms with Crippen molar-refractivity contribution in [2.24, 2.45) is 0 Å². The smallest absolute Gasteiger partial charge is 0.345 e. The molecule has 10 rings (SSSR count). The molecule has 0 amide bonds. The van der Waals surface area contributed by atoms with Gasteiger partial charge in [0.25, 0.3) is 0 Å². The summed E-state index contributed by atoms with van der Waals surface area (Å²) in [7, 11) is 0.203. The van der Waals surface area contributed by atoms with Crippen LogP contribution in [0.3, 0.4) is 0 Å². The first-order valence-corrected chi connectivity index (χ1v) is 27.8. The van der Waals surface area contributed by atoms with E-state index in [0.29, 0.717) is 73.8 Å². The number of halogens is 2. The number of thiophene rings is 1. The number of hydrogen-bond donors (Lipinski definition) is 1. The van der Waals surface area contributed by atoms with Crippen LogP contribution in [0.25, 0.3) is 43.2 Å². The zero-order valence-electron chi connectivity index (χ0n) is 41.0. The standard InChI is InChI=1S/C54H58ClFN6O7SSi/c1-33-42-17-19-44(48(33)55)68-41(28-62-24-22-61(5)23-25-62)31-65-40-16-18-43(66-30-39-20-21-57-50(60-39)36-10-8-34(9-11-36)29-67-71(6,7)54(2,3)4)37(26-40)27-45(53(63)64)69-51-47-46(42)49(70-52(47)59-32-58-51)35-12-14-38(56)15-13-35/h8-21,26,32,41,45H,22-25,27-31H2,1-7H3,(H,63,64)/t41-,45-/m1/s1. The molecule has 13 nitrogen and oxygen atoms in total. The fourth-order valence-corrected chi connectivity index (χ4v) is 10.7. The summed E-state index contributed by atoms with van der Waals surface area (Å²) in [6.07, 6.45) is 1.04. The Bertz CT molecular complexity index is 3040. The number of carboxylic acid groups (broad SMARTS) is 1. The lowest BCUT2D eigenvalue weighted by atomic mass is 9.96. The van der Waals surface area contributed by atoms with Crippen molar-refractivity contribution >= 4 is 47.4 Å². The van der Waals surface area contributed by atoms with Crippen molar-refractivity contribution in [2.75, 3.05) is 46.4 Å². The molecular formula is C54H58ClFN6O7SSi. The van der Waals surface area contributed by atoms with E-state index in [9.17, 15) is 14.3 Å².